The van der Waals surface area contributed by atoms with E-state index in [1.807, 2.05) is 29.2 Å². The summed E-state index contributed by atoms with van der Waals surface area (Å²) in [4.78, 5) is 14.8. The fourth-order valence-electron chi connectivity index (χ4n) is 3.00. The van der Waals surface area contributed by atoms with Crippen LogP contribution < -0.4 is 4.74 Å². The molecule has 5 heteroatoms. The number of hydrogen-bond donors (Lipinski definition) is 0. The van der Waals surface area contributed by atoms with Gasteiger partial charge in [-0.1, -0.05) is 35.3 Å². The molecule has 1 atom stereocenters. The maximum atomic E-state index is 12.9. The number of carbonyl (C=O) groups excluding carboxylic acids is 1. The van der Waals surface area contributed by atoms with Gasteiger partial charge >= 0.3 is 0 Å². The van der Waals surface area contributed by atoms with Crippen molar-refractivity contribution in [3.05, 3.63) is 63.6 Å². The number of likely N-dealkylation sites (tertiary alicyclic amines) is 1. The van der Waals surface area contributed by atoms with Crippen LogP contribution >= 0.6 is 23.2 Å². The Morgan fingerprint density at radius 1 is 1.17 bits per heavy atom. The molecule has 120 valence electrons. The Labute approximate surface area is 145 Å². The molecule has 2 aromatic carbocycles. The predicted molar refractivity (Wildman–Crippen MR) is 92.5 cm³/mol. The fraction of sp³-hybridized carbons (Fsp3) is 0.278. The Morgan fingerprint density at radius 2 is 1.91 bits per heavy atom. The molecule has 1 heterocycles. The molecule has 1 saturated heterocycles. The summed E-state index contributed by atoms with van der Waals surface area (Å²) in [6.07, 6.45) is 1.91. The van der Waals surface area contributed by atoms with Gasteiger partial charge in [0.15, 0.2) is 0 Å². The second-order valence-corrected chi connectivity index (χ2v) is 6.40. The minimum Gasteiger partial charge on any atom is -0.497 e. The van der Waals surface area contributed by atoms with Crippen LogP contribution in [0.4, 0.5) is 0 Å². The van der Waals surface area contributed by atoms with Gasteiger partial charge < -0.3 is 9.64 Å². The van der Waals surface area contributed by atoms with Crippen LogP contribution in [0.2, 0.25) is 10.0 Å². The van der Waals surface area contributed by atoms with E-state index in [2.05, 4.69) is 0 Å². The molecule has 3 nitrogen and oxygen atoms in total. The molecule has 0 aliphatic carbocycles. The number of amides is 1. The molecule has 0 radical (unpaired) electrons. The Bertz CT molecular complexity index is 715. The molecule has 0 bridgehead atoms. The Balaban J connectivity index is 1.88. The van der Waals surface area contributed by atoms with Crippen LogP contribution in [0.5, 0.6) is 5.75 Å². The van der Waals surface area contributed by atoms with Crippen molar-refractivity contribution in [2.24, 2.45) is 0 Å². The summed E-state index contributed by atoms with van der Waals surface area (Å²) < 4.78 is 5.19. The van der Waals surface area contributed by atoms with Crippen LogP contribution in [0, 0.1) is 0 Å². The largest absolute Gasteiger partial charge is 0.497 e. The number of benzene rings is 2. The zero-order valence-electron chi connectivity index (χ0n) is 12.8. The summed E-state index contributed by atoms with van der Waals surface area (Å²) in [7, 11) is 1.64. The van der Waals surface area contributed by atoms with Crippen molar-refractivity contribution in [2.75, 3.05) is 13.7 Å². The quantitative estimate of drug-likeness (QED) is 0.781. The van der Waals surface area contributed by atoms with E-state index in [1.54, 1.807) is 25.3 Å². The number of rotatable bonds is 3. The summed E-state index contributed by atoms with van der Waals surface area (Å²) in [6, 6.07) is 12.9. The lowest BCUT2D eigenvalue weighted by molar-refractivity contribution is 0.0736. The summed E-state index contributed by atoms with van der Waals surface area (Å²) in [5.41, 5.74) is 1.56. The lowest BCUT2D eigenvalue weighted by atomic mass is 10.0. The molecular formula is C18H17Cl2NO2. The van der Waals surface area contributed by atoms with E-state index in [-0.39, 0.29) is 11.9 Å². The molecule has 2 aromatic rings. The second kappa shape index (κ2) is 6.81. The topological polar surface area (TPSA) is 29.5 Å². The van der Waals surface area contributed by atoms with E-state index in [0.29, 0.717) is 15.6 Å². The predicted octanol–water partition coefficient (Wildman–Crippen LogP) is 4.98. The maximum Gasteiger partial charge on any atom is 0.255 e. The van der Waals surface area contributed by atoms with Gasteiger partial charge in [0.05, 0.1) is 23.7 Å². The number of nitrogens with zero attached hydrogens (tertiary/aromatic N) is 1. The van der Waals surface area contributed by atoms with Gasteiger partial charge in [-0.3, -0.25) is 4.79 Å². The summed E-state index contributed by atoms with van der Waals surface area (Å²) in [6.45, 7) is 0.721. The number of halogens is 2. The van der Waals surface area contributed by atoms with Crippen molar-refractivity contribution in [3.63, 3.8) is 0 Å². The van der Waals surface area contributed by atoms with Gasteiger partial charge in [0.25, 0.3) is 5.91 Å². The standard InChI is InChI=1S/C18H17Cl2NO2/c1-23-14-7-4-12(5-8-14)17-3-2-10-21(17)18(22)15-11-13(19)6-9-16(15)20/h4-9,11,17H,2-3,10H2,1H3/t17-/m0/s1. The van der Waals surface area contributed by atoms with Crippen molar-refractivity contribution >= 4 is 29.1 Å². The zero-order valence-corrected chi connectivity index (χ0v) is 14.3. The van der Waals surface area contributed by atoms with Gasteiger partial charge in [0, 0.05) is 11.6 Å². The summed E-state index contributed by atoms with van der Waals surface area (Å²) >= 11 is 12.2. The maximum absolute atomic E-state index is 12.9. The van der Waals surface area contributed by atoms with Crippen molar-refractivity contribution < 1.29 is 9.53 Å². The van der Waals surface area contributed by atoms with Crippen LogP contribution in [0.1, 0.15) is 34.8 Å². The highest BCUT2D eigenvalue weighted by atomic mass is 35.5. The number of carbonyl (C=O) groups is 1. The molecule has 3 rings (SSSR count). The first-order chi connectivity index (χ1) is 11.1. The first-order valence-corrected chi connectivity index (χ1v) is 8.25. The average Bonchev–Trinajstić information content (AvgIpc) is 3.06. The average molecular weight is 350 g/mol. The van der Waals surface area contributed by atoms with E-state index in [1.165, 1.54) is 0 Å². The second-order valence-electron chi connectivity index (χ2n) is 5.55. The Morgan fingerprint density at radius 3 is 2.61 bits per heavy atom. The van der Waals surface area contributed by atoms with E-state index in [9.17, 15) is 4.79 Å². The van der Waals surface area contributed by atoms with Crippen molar-refractivity contribution in [1.82, 2.24) is 4.90 Å². The van der Waals surface area contributed by atoms with Crippen LogP contribution in [0.3, 0.4) is 0 Å². The first-order valence-electron chi connectivity index (χ1n) is 7.50. The van der Waals surface area contributed by atoms with Crippen LogP contribution in [0.15, 0.2) is 42.5 Å². The van der Waals surface area contributed by atoms with E-state index < -0.39 is 0 Å². The molecule has 0 N–H and O–H groups in total. The molecule has 0 saturated carbocycles. The van der Waals surface area contributed by atoms with Crippen LogP contribution in [-0.2, 0) is 0 Å². The normalized spacial score (nSPS) is 17.3. The highest BCUT2D eigenvalue weighted by molar-refractivity contribution is 6.35. The summed E-state index contributed by atoms with van der Waals surface area (Å²) in [5, 5.41) is 0.942. The minimum absolute atomic E-state index is 0.0588. The van der Waals surface area contributed by atoms with Crippen LogP contribution in [-0.4, -0.2) is 24.5 Å². The van der Waals surface area contributed by atoms with Gasteiger partial charge in [0.1, 0.15) is 5.75 Å². The first kappa shape index (κ1) is 16.2. The smallest absolute Gasteiger partial charge is 0.255 e. The molecule has 1 fully saturated rings. The summed E-state index contributed by atoms with van der Waals surface area (Å²) in [5.74, 6) is 0.735. The lowest BCUT2D eigenvalue weighted by Gasteiger charge is -2.25. The third kappa shape index (κ3) is 3.31. The third-order valence-corrected chi connectivity index (χ3v) is 4.74. The van der Waals surface area contributed by atoms with Crippen molar-refractivity contribution in [2.45, 2.75) is 18.9 Å². The number of hydrogen-bond acceptors (Lipinski definition) is 2. The van der Waals surface area contributed by atoms with E-state index >= 15 is 0 Å². The molecule has 23 heavy (non-hydrogen) atoms. The molecular weight excluding hydrogens is 333 g/mol. The van der Waals surface area contributed by atoms with Crippen molar-refractivity contribution in [3.8, 4) is 5.75 Å². The molecule has 0 aromatic heterocycles. The van der Waals surface area contributed by atoms with Gasteiger partial charge in [-0.25, -0.2) is 0 Å². The molecule has 1 aliphatic rings. The fourth-order valence-corrected chi connectivity index (χ4v) is 3.37. The zero-order chi connectivity index (χ0) is 16.4. The highest BCUT2D eigenvalue weighted by Crippen LogP contribution is 2.35. The lowest BCUT2D eigenvalue weighted by Crippen LogP contribution is -2.30. The SMILES string of the molecule is COc1ccc([C@@H]2CCCN2C(=O)c2cc(Cl)ccc2Cl)cc1. The van der Waals surface area contributed by atoms with Crippen LogP contribution in [0.25, 0.3) is 0 Å². The van der Waals surface area contributed by atoms with E-state index in [0.717, 1.165) is 30.7 Å². The van der Waals surface area contributed by atoms with Gasteiger partial charge in [-0.2, -0.15) is 0 Å². The monoisotopic (exact) mass is 349 g/mol. The highest BCUT2D eigenvalue weighted by Gasteiger charge is 2.31. The Hall–Kier alpha value is -1.71. The van der Waals surface area contributed by atoms with E-state index in [4.69, 9.17) is 27.9 Å². The van der Waals surface area contributed by atoms with Crippen molar-refractivity contribution in [1.29, 1.82) is 0 Å². The number of methoxy groups -OCH3 is 1. The molecule has 0 spiro atoms. The molecule has 1 aliphatic heterocycles. The van der Waals surface area contributed by atoms with Gasteiger partial charge in [-0.15, -0.1) is 0 Å². The van der Waals surface area contributed by atoms with Gasteiger partial charge in [0.2, 0.25) is 0 Å². The molecule has 1 amide bonds. The Kier molecular flexibility index (Phi) is 4.79. The molecule has 0 unspecified atom stereocenters. The number of ether oxygens (including phenoxy) is 1. The third-order valence-electron chi connectivity index (χ3n) is 4.17. The minimum atomic E-state index is -0.0733. The van der Waals surface area contributed by atoms with Gasteiger partial charge in [-0.05, 0) is 48.7 Å².